The molecule has 0 saturated carbocycles. The Morgan fingerprint density at radius 3 is 2.81 bits per heavy atom. The fourth-order valence-corrected chi connectivity index (χ4v) is 3.99. The van der Waals surface area contributed by atoms with E-state index in [1.54, 1.807) is 43.1 Å². The normalized spacial score (nSPS) is 12.5. The number of benzene rings is 2. The summed E-state index contributed by atoms with van der Waals surface area (Å²) in [5.41, 5.74) is 1.27. The summed E-state index contributed by atoms with van der Waals surface area (Å²) in [6, 6.07) is 14.7. The number of aliphatic hydroxyl groups excluding tert-OH is 1. The summed E-state index contributed by atoms with van der Waals surface area (Å²) < 4.78 is 8.37. The monoisotopic (exact) mass is 450 g/mol. The zero-order valence-electron chi connectivity index (χ0n) is 17.6. The maximum absolute atomic E-state index is 12.6. The lowest BCUT2D eigenvalue weighted by Gasteiger charge is -2.12. The number of fused-ring (bicyclic) bond motifs is 1. The van der Waals surface area contributed by atoms with E-state index in [0.717, 1.165) is 5.56 Å². The van der Waals surface area contributed by atoms with E-state index in [1.165, 1.54) is 22.7 Å². The predicted octanol–water partition coefficient (Wildman–Crippen LogP) is 2.34. The Morgan fingerprint density at radius 2 is 1.97 bits per heavy atom. The van der Waals surface area contributed by atoms with Crippen molar-refractivity contribution in [2.45, 2.75) is 24.7 Å². The van der Waals surface area contributed by atoms with Gasteiger partial charge in [0.05, 0.1) is 43.2 Å². The number of ether oxygens (including phenoxy) is 1. The van der Waals surface area contributed by atoms with Crippen LogP contribution in [0.1, 0.15) is 11.4 Å². The van der Waals surface area contributed by atoms with Crippen LogP contribution < -0.4 is 10.3 Å². The molecule has 0 fully saturated rings. The highest BCUT2D eigenvalue weighted by Gasteiger charge is 2.14. The fraction of sp³-hybridized carbons (Fsp3) is 0.227. The zero-order chi connectivity index (χ0) is 22.5. The SMILES string of the molecule is COc1ccccc1C=Nn1c(C)nnc1SCC(O)Cn1cnc2ccccc2c1=O. The van der Waals surface area contributed by atoms with E-state index in [0.29, 0.717) is 33.4 Å². The molecule has 32 heavy (non-hydrogen) atoms. The molecular formula is C22H22N6O3S. The summed E-state index contributed by atoms with van der Waals surface area (Å²) in [6.07, 6.45) is 2.35. The smallest absolute Gasteiger partial charge is 0.261 e. The van der Waals surface area contributed by atoms with Crippen LogP contribution in [0.15, 0.2) is 69.9 Å². The number of aryl methyl sites for hydroxylation is 1. The summed E-state index contributed by atoms with van der Waals surface area (Å²) in [6.45, 7) is 1.93. The quantitative estimate of drug-likeness (QED) is 0.324. The second-order valence-electron chi connectivity index (χ2n) is 7.01. The van der Waals surface area contributed by atoms with Crippen molar-refractivity contribution in [3.05, 3.63) is 76.6 Å². The molecule has 9 nitrogen and oxygen atoms in total. The van der Waals surface area contributed by atoms with Crippen molar-refractivity contribution in [3.8, 4) is 5.75 Å². The maximum Gasteiger partial charge on any atom is 0.261 e. The van der Waals surface area contributed by atoms with Crippen molar-refractivity contribution in [1.82, 2.24) is 24.4 Å². The highest BCUT2D eigenvalue weighted by atomic mass is 32.2. The van der Waals surface area contributed by atoms with Gasteiger partial charge in [-0.05, 0) is 31.2 Å². The Labute approximate surface area is 188 Å². The molecule has 4 aromatic rings. The molecule has 2 aromatic heterocycles. The first kappa shape index (κ1) is 21.7. The van der Waals surface area contributed by atoms with Crippen molar-refractivity contribution < 1.29 is 9.84 Å². The molecule has 0 aliphatic heterocycles. The Hall–Kier alpha value is -3.50. The molecule has 0 aliphatic carbocycles. The van der Waals surface area contributed by atoms with E-state index < -0.39 is 6.10 Å². The zero-order valence-corrected chi connectivity index (χ0v) is 18.4. The van der Waals surface area contributed by atoms with E-state index in [2.05, 4.69) is 20.3 Å². The highest BCUT2D eigenvalue weighted by molar-refractivity contribution is 7.99. The lowest BCUT2D eigenvalue weighted by Crippen LogP contribution is -2.28. The Bertz CT molecular complexity index is 1320. The van der Waals surface area contributed by atoms with E-state index >= 15 is 0 Å². The molecule has 2 aromatic carbocycles. The van der Waals surface area contributed by atoms with Crippen LogP contribution in [0, 0.1) is 6.92 Å². The third-order valence-electron chi connectivity index (χ3n) is 4.76. The van der Waals surface area contributed by atoms with Crippen LogP contribution in [0.25, 0.3) is 10.9 Å². The van der Waals surface area contributed by atoms with Crippen LogP contribution in [-0.2, 0) is 6.54 Å². The van der Waals surface area contributed by atoms with Gasteiger partial charge in [-0.25, -0.2) is 4.98 Å². The minimum absolute atomic E-state index is 0.126. The summed E-state index contributed by atoms with van der Waals surface area (Å²) in [7, 11) is 1.61. The molecule has 0 radical (unpaired) electrons. The molecule has 164 valence electrons. The van der Waals surface area contributed by atoms with E-state index in [4.69, 9.17) is 4.74 Å². The number of aliphatic hydroxyl groups is 1. The van der Waals surface area contributed by atoms with Crippen LogP contribution in [0.4, 0.5) is 0 Å². The molecule has 0 saturated heterocycles. The molecule has 1 unspecified atom stereocenters. The minimum atomic E-state index is -0.788. The topological polar surface area (TPSA) is 107 Å². The van der Waals surface area contributed by atoms with Gasteiger partial charge in [0.25, 0.3) is 5.56 Å². The Morgan fingerprint density at radius 1 is 1.19 bits per heavy atom. The molecule has 0 spiro atoms. The average Bonchev–Trinajstić information content (AvgIpc) is 3.17. The van der Waals surface area contributed by atoms with Crippen molar-refractivity contribution >= 4 is 28.9 Å². The maximum atomic E-state index is 12.6. The third-order valence-corrected chi connectivity index (χ3v) is 5.83. The first-order valence-electron chi connectivity index (χ1n) is 9.91. The van der Waals surface area contributed by atoms with Crippen LogP contribution in [0.3, 0.4) is 0 Å². The van der Waals surface area contributed by atoms with Gasteiger partial charge < -0.3 is 9.84 Å². The molecule has 10 heteroatoms. The first-order chi connectivity index (χ1) is 15.6. The van der Waals surface area contributed by atoms with Gasteiger partial charge in [-0.1, -0.05) is 36.0 Å². The second-order valence-corrected chi connectivity index (χ2v) is 8.00. The molecular weight excluding hydrogens is 428 g/mol. The largest absolute Gasteiger partial charge is 0.496 e. The van der Waals surface area contributed by atoms with Crippen LogP contribution in [0.5, 0.6) is 5.75 Å². The summed E-state index contributed by atoms with van der Waals surface area (Å²) in [4.78, 5) is 16.9. The second kappa shape index (κ2) is 9.75. The number of rotatable bonds is 8. The van der Waals surface area contributed by atoms with Crippen LogP contribution in [-0.4, -0.2) is 54.7 Å². The predicted molar refractivity (Wildman–Crippen MR) is 123 cm³/mol. The number of hydrogen-bond donors (Lipinski definition) is 1. The molecule has 0 aliphatic rings. The van der Waals surface area contributed by atoms with E-state index in [-0.39, 0.29) is 12.1 Å². The van der Waals surface area contributed by atoms with Gasteiger partial charge in [0.15, 0.2) is 5.82 Å². The van der Waals surface area contributed by atoms with Gasteiger partial charge >= 0.3 is 0 Å². The molecule has 4 rings (SSSR count). The van der Waals surface area contributed by atoms with Crippen LogP contribution >= 0.6 is 11.8 Å². The highest BCUT2D eigenvalue weighted by Crippen LogP contribution is 2.19. The number of nitrogens with zero attached hydrogens (tertiary/aromatic N) is 6. The average molecular weight is 451 g/mol. The number of para-hydroxylation sites is 2. The van der Waals surface area contributed by atoms with E-state index in [1.807, 2.05) is 30.3 Å². The molecule has 1 N–H and O–H groups in total. The summed E-state index contributed by atoms with van der Waals surface area (Å²) in [5, 5.41) is 24.3. The first-order valence-corrected chi connectivity index (χ1v) is 10.9. The van der Waals surface area contributed by atoms with Gasteiger partial charge in [-0.15, -0.1) is 10.2 Å². The van der Waals surface area contributed by atoms with Gasteiger partial charge in [0, 0.05) is 11.3 Å². The van der Waals surface area contributed by atoms with Crippen LogP contribution in [0.2, 0.25) is 0 Å². The summed E-state index contributed by atoms with van der Waals surface area (Å²) >= 11 is 1.31. The van der Waals surface area contributed by atoms with Gasteiger partial charge in [-0.2, -0.15) is 9.78 Å². The Kier molecular flexibility index (Phi) is 6.62. The standard InChI is InChI=1S/C22H22N6O3S/c1-15-25-26-22(28(15)24-11-16-7-3-6-10-20(16)31-2)32-13-17(29)12-27-14-23-19-9-5-4-8-18(19)21(27)30/h3-11,14,17,29H,12-13H2,1-2H3. The molecule has 0 bridgehead atoms. The fourth-order valence-electron chi connectivity index (χ4n) is 3.14. The molecule has 1 atom stereocenters. The Balaban J connectivity index is 1.45. The molecule has 2 heterocycles. The lowest BCUT2D eigenvalue weighted by molar-refractivity contribution is 0.176. The summed E-state index contributed by atoms with van der Waals surface area (Å²) in [5.74, 6) is 1.63. The van der Waals surface area contributed by atoms with Gasteiger partial charge in [-0.3, -0.25) is 9.36 Å². The van der Waals surface area contributed by atoms with Crippen molar-refractivity contribution in [3.63, 3.8) is 0 Å². The van der Waals surface area contributed by atoms with Gasteiger partial charge in [0.1, 0.15) is 5.75 Å². The number of aromatic nitrogens is 5. The number of thioether (sulfide) groups is 1. The number of hydrogen-bond acceptors (Lipinski definition) is 8. The molecule has 0 amide bonds. The lowest BCUT2D eigenvalue weighted by atomic mass is 10.2. The van der Waals surface area contributed by atoms with Gasteiger partial charge in [0.2, 0.25) is 5.16 Å². The van der Waals surface area contributed by atoms with Crippen molar-refractivity contribution in [1.29, 1.82) is 0 Å². The minimum Gasteiger partial charge on any atom is -0.496 e. The van der Waals surface area contributed by atoms with E-state index in [9.17, 15) is 9.90 Å². The number of methoxy groups -OCH3 is 1. The van der Waals surface area contributed by atoms with Crippen molar-refractivity contribution in [2.24, 2.45) is 5.10 Å². The van der Waals surface area contributed by atoms with Crippen molar-refractivity contribution in [2.75, 3.05) is 12.9 Å². The third kappa shape index (κ3) is 4.71.